The zero-order chi connectivity index (χ0) is 25.9. The third kappa shape index (κ3) is 5.98. The molecule has 2 atom stereocenters. The number of rotatable bonds is 6. The Kier molecular flexibility index (Phi) is 7.52. The predicted molar refractivity (Wildman–Crippen MR) is 135 cm³/mol. The third-order valence-electron chi connectivity index (χ3n) is 6.67. The van der Waals surface area contributed by atoms with E-state index in [9.17, 15) is 19.5 Å². The number of benzene rings is 2. The number of amides is 2. The molecule has 1 aliphatic carbocycles. The summed E-state index contributed by atoms with van der Waals surface area (Å²) in [6.07, 6.45) is 0.572. The Bertz CT molecular complexity index is 1080. The number of carbonyl (C=O) groups is 3. The Morgan fingerprint density at radius 2 is 1.67 bits per heavy atom. The van der Waals surface area contributed by atoms with E-state index in [4.69, 9.17) is 9.47 Å². The number of hydrogen-bond donors (Lipinski definition) is 2. The summed E-state index contributed by atoms with van der Waals surface area (Å²) >= 11 is 0. The van der Waals surface area contributed by atoms with Crippen LogP contribution in [-0.2, 0) is 14.3 Å². The van der Waals surface area contributed by atoms with Gasteiger partial charge in [0.05, 0.1) is 0 Å². The van der Waals surface area contributed by atoms with Gasteiger partial charge in [-0.3, -0.25) is 0 Å². The van der Waals surface area contributed by atoms with Crippen LogP contribution >= 0.6 is 0 Å². The zero-order valence-corrected chi connectivity index (χ0v) is 21.0. The Hall–Kier alpha value is -3.55. The van der Waals surface area contributed by atoms with E-state index in [0.717, 1.165) is 35.1 Å². The minimum Gasteiger partial charge on any atom is -0.480 e. The number of likely N-dealkylation sites (tertiary alicyclic amines) is 1. The van der Waals surface area contributed by atoms with Gasteiger partial charge < -0.3 is 24.8 Å². The molecule has 0 bridgehead atoms. The molecule has 2 aliphatic rings. The van der Waals surface area contributed by atoms with Crippen molar-refractivity contribution < 1.29 is 29.0 Å². The molecule has 0 unspecified atom stereocenters. The minimum absolute atomic E-state index is 0.0683. The van der Waals surface area contributed by atoms with E-state index in [1.54, 1.807) is 4.90 Å². The van der Waals surface area contributed by atoms with Crippen LogP contribution in [0.15, 0.2) is 48.5 Å². The fourth-order valence-corrected chi connectivity index (χ4v) is 5.09. The number of piperidine rings is 1. The lowest BCUT2D eigenvalue weighted by atomic mass is 9.91. The highest BCUT2D eigenvalue weighted by molar-refractivity contribution is 5.81. The number of hydrogen-bond acceptors (Lipinski definition) is 5. The second-order valence-corrected chi connectivity index (χ2v) is 10.5. The number of carbonyl (C=O) groups excluding carboxylic acids is 2. The first-order valence-electron chi connectivity index (χ1n) is 12.4. The summed E-state index contributed by atoms with van der Waals surface area (Å²) in [4.78, 5) is 38.6. The monoisotopic (exact) mass is 494 g/mol. The fourth-order valence-electron chi connectivity index (χ4n) is 5.09. The Balaban J connectivity index is 1.34. The van der Waals surface area contributed by atoms with E-state index >= 15 is 0 Å². The fraction of sp³-hybridized carbons (Fsp3) is 0.464. The van der Waals surface area contributed by atoms with Gasteiger partial charge in [0, 0.05) is 19.0 Å². The molecule has 36 heavy (non-hydrogen) atoms. The van der Waals surface area contributed by atoms with E-state index in [-0.39, 0.29) is 24.9 Å². The molecule has 1 aliphatic heterocycles. The van der Waals surface area contributed by atoms with Crippen LogP contribution in [0.25, 0.3) is 11.1 Å². The standard InChI is InChI=1S/C28H34N2O6/c1-28(2,3)36-27(34)30-14-8-9-18(16-30)15-24(25(31)32)29-26(33)35-17-23-21-12-6-4-10-19(21)20-11-5-7-13-22(20)23/h4-7,10-13,18,23-24H,8-9,14-17H2,1-3H3,(H,29,33)(H,31,32)/t18-,24-/m1/s1. The molecule has 8 heteroatoms. The highest BCUT2D eigenvalue weighted by Crippen LogP contribution is 2.44. The summed E-state index contributed by atoms with van der Waals surface area (Å²) < 4.78 is 11.0. The molecule has 0 radical (unpaired) electrons. The van der Waals surface area contributed by atoms with Crippen LogP contribution in [0.4, 0.5) is 9.59 Å². The molecule has 2 N–H and O–H groups in total. The summed E-state index contributed by atoms with van der Waals surface area (Å²) in [7, 11) is 0. The summed E-state index contributed by atoms with van der Waals surface area (Å²) in [6, 6.07) is 15.0. The van der Waals surface area contributed by atoms with Crippen molar-refractivity contribution in [2.75, 3.05) is 19.7 Å². The van der Waals surface area contributed by atoms with Crippen LogP contribution in [0.3, 0.4) is 0 Å². The van der Waals surface area contributed by atoms with Crippen molar-refractivity contribution in [3.63, 3.8) is 0 Å². The van der Waals surface area contributed by atoms with Gasteiger partial charge in [0.15, 0.2) is 0 Å². The highest BCUT2D eigenvalue weighted by atomic mass is 16.6. The summed E-state index contributed by atoms with van der Waals surface area (Å²) in [6.45, 7) is 6.51. The molecule has 2 amide bonds. The molecule has 0 spiro atoms. The number of ether oxygens (including phenoxy) is 2. The quantitative estimate of drug-likeness (QED) is 0.585. The van der Waals surface area contributed by atoms with Crippen molar-refractivity contribution in [2.24, 2.45) is 5.92 Å². The van der Waals surface area contributed by atoms with Gasteiger partial charge in [-0.15, -0.1) is 0 Å². The minimum atomic E-state index is -1.13. The maximum Gasteiger partial charge on any atom is 0.410 e. The number of nitrogens with one attached hydrogen (secondary N) is 1. The molecule has 1 fully saturated rings. The largest absolute Gasteiger partial charge is 0.480 e. The Morgan fingerprint density at radius 3 is 2.25 bits per heavy atom. The van der Waals surface area contributed by atoms with E-state index in [0.29, 0.717) is 13.1 Å². The predicted octanol–water partition coefficient (Wildman–Crippen LogP) is 5.02. The molecular weight excluding hydrogens is 460 g/mol. The maximum atomic E-state index is 12.6. The van der Waals surface area contributed by atoms with Crippen LogP contribution in [0.1, 0.15) is 57.1 Å². The van der Waals surface area contributed by atoms with Crippen LogP contribution in [0, 0.1) is 5.92 Å². The topological polar surface area (TPSA) is 105 Å². The SMILES string of the molecule is CC(C)(C)OC(=O)N1CCC[C@H](C[C@@H](NC(=O)OCC2c3ccccc3-c3ccccc32)C(=O)O)C1. The first-order valence-corrected chi connectivity index (χ1v) is 12.4. The molecule has 192 valence electrons. The number of carboxylic acid groups (broad SMARTS) is 1. The smallest absolute Gasteiger partial charge is 0.410 e. The van der Waals surface area contributed by atoms with Gasteiger partial charge in [-0.05, 0) is 68.2 Å². The molecule has 2 aromatic carbocycles. The van der Waals surface area contributed by atoms with Crippen LogP contribution in [0.5, 0.6) is 0 Å². The van der Waals surface area contributed by atoms with Crippen molar-refractivity contribution in [2.45, 2.75) is 57.6 Å². The molecule has 4 rings (SSSR count). The molecular formula is C28H34N2O6. The van der Waals surface area contributed by atoms with Crippen molar-refractivity contribution in [1.29, 1.82) is 0 Å². The summed E-state index contributed by atoms with van der Waals surface area (Å²) in [5.41, 5.74) is 3.82. The number of aliphatic carboxylic acids is 1. The molecule has 8 nitrogen and oxygen atoms in total. The number of alkyl carbamates (subject to hydrolysis) is 1. The van der Waals surface area contributed by atoms with Crippen molar-refractivity contribution in [1.82, 2.24) is 10.2 Å². The summed E-state index contributed by atoms with van der Waals surface area (Å²) in [5, 5.41) is 12.3. The lowest BCUT2D eigenvalue weighted by Gasteiger charge is -2.35. The van der Waals surface area contributed by atoms with Gasteiger partial charge in [0.1, 0.15) is 18.2 Å². The van der Waals surface area contributed by atoms with E-state index in [1.807, 2.05) is 57.2 Å². The average molecular weight is 495 g/mol. The maximum absolute atomic E-state index is 12.6. The first-order chi connectivity index (χ1) is 17.1. The molecule has 2 aromatic rings. The average Bonchev–Trinajstić information content (AvgIpc) is 3.15. The van der Waals surface area contributed by atoms with Crippen molar-refractivity contribution in [3.05, 3.63) is 59.7 Å². The number of carboxylic acids is 1. The highest BCUT2D eigenvalue weighted by Gasteiger charge is 2.33. The lowest BCUT2D eigenvalue weighted by molar-refractivity contribution is -0.139. The van der Waals surface area contributed by atoms with Gasteiger partial charge >= 0.3 is 18.2 Å². The molecule has 1 heterocycles. The lowest BCUT2D eigenvalue weighted by Crippen LogP contribution is -2.47. The molecule has 1 saturated heterocycles. The van der Waals surface area contributed by atoms with Crippen LogP contribution in [0.2, 0.25) is 0 Å². The van der Waals surface area contributed by atoms with E-state index < -0.39 is 29.8 Å². The Labute approximate surface area is 211 Å². The summed E-state index contributed by atoms with van der Waals surface area (Å²) in [5.74, 6) is -1.30. The van der Waals surface area contributed by atoms with Gasteiger partial charge in [-0.1, -0.05) is 48.5 Å². The number of fused-ring (bicyclic) bond motifs is 3. The Morgan fingerprint density at radius 1 is 1.06 bits per heavy atom. The van der Waals surface area contributed by atoms with Gasteiger partial charge in [-0.25, -0.2) is 14.4 Å². The molecule has 0 saturated carbocycles. The van der Waals surface area contributed by atoms with Crippen molar-refractivity contribution >= 4 is 18.2 Å². The van der Waals surface area contributed by atoms with Gasteiger partial charge in [-0.2, -0.15) is 0 Å². The second-order valence-electron chi connectivity index (χ2n) is 10.5. The normalized spacial score (nSPS) is 18.1. The van der Waals surface area contributed by atoms with E-state index in [2.05, 4.69) is 17.4 Å². The third-order valence-corrected chi connectivity index (χ3v) is 6.67. The van der Waals surface area contributed by atoms with Gasteiger partial charge in [0.2, 0.25) is 0 Å². The van der Waals surface area contributed by atoms with Crippen molar-refractivity contribution in [3.8, 4) is 11.1 Å². The van der Waals surface area contributed by atoms with Crippen LogP contribution < -0.4 is 5.32 Å². The first kappa shape index (κ1) is 25.5. The molecule has 0 aromatic heterocycles. The number of nitrogens with zero attached hydrogens (tertiary/aromatic N) is 1. The van der Waals surface area contributed by atoms with E-state index in [1.165, 1.54) is 0 Å². The second kappa shape index (κ2) is 10.6. The van der Waals surface area contributed by atoms with Gasteiger partial charge in [0.25, 0.3) is 0 Å². The zero-order valence-electron chi connectivity index (χ0n) is 21.0. The van der Waals surface area contributed by atoms with Crippen LogP contribution in [-0.4, -0.2) is 59.5 Å².